The highest BCUT2D eigenvalue weighted by Gasteiger charge is 2.19. The number of halogens is 2. The Labute approximate surface area is 210 Å². The van der Waals surface area contributed by atoms with Crippen LogP contribution in [0.25, 0.3) is 0 Å². The van der Waals surface area contributed by atoms with Gasteiger partial charge in [-0.2, -0.15) is 0 Å². The maximum atomic E-state index is 12.7. The molecule has 1 unspecified atom stereocenters. The molecule has 1 atom stereocenters. The maximum absolute atomic E-state index is 12.7. The second-order valence-corrected chi connectivity index (χ2v) is 7.13. The molecule has 1 aromatic rings. The first kappa shape index (κ1) is 34.1. The lowest BCUT2D eigenvalue weighted by molar-refractivity contribution is -0.122. The number of carbonyl (C=O) groups excluding carboxylic acids is 3. The number of hydrogen-bond acceptors (Lipinski definition) is 10. The Morgan fingerprint density at radius 1 is 1.23 bits per heavy atom. The Hall–Kier alpha value is -3.04. The minimum absolute atomic E-state index is 0.0156. The van der Waals surface area contributed by atoms with E-state index in [2.05, 4.69) is 38.7 Å². The zero-order valence-electron chi connectivity index (χ0n) is 20.4. The number of terminal acetylenes is 1. The summed E-state index contributed by atoms with van der Waals surface area (Å²) in [5, 5.41) is 9.93. The van der Waals surface area contributed by atoms with E-state index in [0.717, 1.165) is 25.5 Å². The lowest BCUT2D eigenvalue weighted by Crippen LogP contribution is -2.41. The Morgan fingerprint density at radius 3 is 2.40 bits per heavy atom. The Bertz CT molecular complexity index is 807. The molecule has 3 N–H and O–H groups in total. The van der Waals surface area contributed by atoms with Crippen LogP contribution in [0.5, 0.6) is 5.75 Å². The average molecular weight is 517 g/mol. The number of benzene rings is 1. The van der Waals surface area contributed by atoms with Crippen LogP contribution >= 0.6 is 11.6 Å². The molecule has 0 saturated heterocycles. The number of nitrogens with one attached hydrogen (secondary N) is 3. The lowest BCUT2D eigenvalue weighted by atomic mass is 9.94. The normalized spacial score (nSPS) is 11.7. The molecule has 10 nitrogen and oxygen atoms in total. The van der Waals surface area contributed by atoms with Crippen molar-refractivity contribution in [2.24, 2.45) is 5.10 Å². The van der Waals surface area contributed by atoms with Crippen LogP contribution in [-0.4, -0.2) is 78.0 Å². The number of carbonyl (C=O) groups is 3. The SMILES string of the molecule is C#CCC(C)(CCNC)NC.CN/N=C(/COCC=O)OC=O.O=CCOc1ccc(Cl)c(F)c1. The minimum Gasteiger partial charge on any atom is -0.486 e. The number of hydrogen-bond donors (Lipinski definition) is 3. The summed E-state index contributed by atoms with van der Waals surface area (Å²) in [6.45, 7) is 3.23. The van der Waals surface area contributed by atoms with Crippen LogP contribution in [0.15, 0.2) is 23.3 Å². The van der Waals surface area contributed by atoms with Crippen molar-refractivity contribution in [1.29, 1.82) is 0 Å². The van der Waals surface area contributed by atoms with E-state index in [0.29, 0.717) is 18.3 Å². The van der Waals surface area contributed by atoms with Gasteiger partial charge in [-0.3, -0.25) is 9.59 Å². The molecule has 1 aromatic carbocycles. The molecule has 196 valence electrons. The molecule has 0 aliphatic heterocycles. The van der Waals surface area contributed by atoms with Gasteiger partial charge in [0.15, 0.2) is 6.29 Å². The Morgan fingerprint density at radius 2 is 1.91 bits per heavy atom. The second-order valence-electron chi connectivity index (χ2n) is 6.72. The highest BCUT2D eigenvalue weighted by Crippen LogP contribution is 2.19. The summed E-state index contributed by atoms with van der Waals surface area (Å²) in [4.78, 5) is 29.6. The first-order chi connectivity index (χ1) is 16.8. The summed E-state index contributed by atoms with van der Waals surface area (Å²) in [5.41, 5.74) is 2.51. The van der Waals surface area contributed by atoms with Gasteiger partial charge in [0.1, 0.15) is 37.7 Å². The predicted molar refractivity (Wildman–Crippen MR) is 133 cm³/mol. The van der Waals surface area contributed by atoms with Crippen molar-refractivity contribution in [3.63, 3.8) is 0 Å². The van der Waals surface area contributed by atoms with Gasteiger partial charge >= 0.3 is 0 Å². The molecule has 0 spiro atoms. The maximum Gasteiger partial charge on any atom is 0.299 e. The van der Waals surface area contributed by atoms with Gasteiger partial charge in [0.05, 0.1) is 5.02 Å². The molecule has 12 heteroatoms. The van der Waals surface area contributed by atoms with Crippen LogP contribution in [0, 0.1) is 18.2 Å². The highest BCUT2D eigenvalue weighted by molar-refractivity contribution is 6.30. The predicted octanol–water partition coefficient (Wildman–Crippen LogP) is 1.56. The van der Waals surface area contributed by atoms with E-state index in [9.17, 15) is 18.8 Å². The molecule has 0 heterocycles. The molecule has 0 aromatic heterocycles. The summed E-state index contributed by atoms with van der Waals surface area (Å²) in [7, 11) is 5.45. The van der Waals surface area contributed by atoms with E-state index >= 15 is 0 Å². The fourth-order valence-electron chi connectivity index (χ4n) is 2.09. The highest BCUT2D eigenvalue weighted by atomic mass is 35.5. The minimum atomic E-state index is -0.555. The average Bonchev–Trinajstić information content (AvgIpc) is 2.85. The molecule has 1 rings (SSSR count). The van der Waals surface area contributed by atoms with Crippen molar-refractivity contribution in [1.82, 2.24) is 16.1 Å². The number of nitrogens with zero attached hydrogens (tertiary/aromatic N) is 1. The fraction of sp³-hybridized carbons (Fsp3) is 0.478. The molecule has 0 aliphatic rings. The molecule has 0 saturated carbocycles. The van der Waals surface area contributed by atoms with E-state index in [1.165, 1.54) is 12.1 Å². The number of ether oxygens (including phenoxy) is 3. The van der Waals surface area contributed by atoms with Gasteiger partial charge in [0.25, 0.3) is 6.47 Å². The largest absolute Gasteiger partial charge is 0.486 e. The lowest BCUT2D eigenvalue weighted by Gasteiger charge is -2.26. The zero-order chi connectivity index (χ0) is 27.0. The van der Waals surface area contributed by atoms with Gasteiger partial charge in [0, 0.05) is 25.1 Å². The molecule has 0 radical (unpaired) electrons. The quantitative estimate of drug-likeness (QED) is 0.0842. The molecule has 0 aliphatic carbocycles. The van der Waals surface area contributed by atoms with E-state index in [1.807, 2.05) is 14.1 Å². The van der Waals surface area contributed by atoms with Crippen molar-refractivity contribution in [2.45, 2.75) is 25.3 Å². The van der Waals surface area contributed by atoms with Crippen molar-refractivity contribution in [3.8, 4) is 18.1 Å². The Kier molecular flexibility index (Phi) is 22.2. The zero-order valence-corrected chi connectivity index (χ0v) is 21.2. The third kappa shape index (κ3) is 19.0. The smallest absolute Gasteiger partial charge is 0.299 e. The summed E-state index contributed by atoms with van der Waals surface area (Å²) < 4.78 is 26.7. The van der Waals surface area contributed by atoms with Crippen LogP contribution in [0.2, 0.25) is 5.02 Å². The number of aldehydes is 2. The van der Waals surface area contributed by atoms with Gasteiger partial charge in [-0.15, -0.1) is 17.4 Å². The molecule has 35 heavy (non-hydrogen) atoms. The van der Waals surface area contributed by atoms with Crippen LogP contribution in [0.1, 0.15) is 19.8 Å². The van der Waals surface area contributed by atoms with E-state index in [1.54, 1.807) is 7.05 Å². The standard InChI is InChI=1S/C9H18N2.C8H6ClFO2.C6H10N2O4/c1-5-6-9(2,11-4)7-8-10-3;9-7-2-1-6(5-8(7)10)12-4-3-11;1-7-8-6(12-5-10)4-11-3-2-9/h1,10-11H,6-8H2,2-4H3;1-3,5H,4H2;2,5,7H,3-4H2,1H3/b;;8-6-. The van der Waals surface area contributed by atoms with Crippen molar-refractivity contribution >= 4 is 36.5 Å². The third-order valence-corrected chi connectivity index (χ3v) is 4.37. The van der Waals surface area contributed by atoms with Gasteiger partial charge in [-0.25, -0.2) is 4.39 Å². The van der Waals surface area contributed by atoms with E-state index < -0.39 is 5.82 Å². The third-order valence-electron chi connectivity index (χ3n) is 4.06. The second kappa shape index (κ2) is 22.7. The molecular weight excluding hydrogens is 483 g/mol. The molecule has 0 bridgehead atoms. The number of rotatable bonds is 14. The van der Waals surface area contributed by atoms with Gasteiger partial charge < -0.3 is 35.1 Å². The summed E-state index contributed by atoms with van der Waals surface area (Å²) in [6.07, 6.45) is 8.28. The summed E-state index contributed by atoms with van der Waals surface area (Å²) in [5.74, 6) is 2.50. The van der Waals surface area contributed by atoms with Crippen molar-refractivity contribution in [2.75, 3.05) is 47.5 Å². The van der Waals surface area contributed by atoms with E-state index in [-0.39, 0.29) is 42.8 Å². The monoisotopic (exact) mass is 516 g/mol. The van der Waals surface area contributed by atoms with Crippen LogP contribution in [-0.2, 0) is 23.9 Å². The molecule has 0 amide bonds. The summed E-state index contributed by atoms with van der Waals surface area (Å²) in [6, 6.07) is 4.00. The van der Waals surface area contributed by atoms with Crippen molar-refractivity contribution in [3.05, 3.63) is 29.0 Å². The van der Waals surface area contributed by atoms with Crippen molar-refractivity contribution < 1.29 is 33.0 Å². The molecule has 0 fully saturated rings. The van der Waals surface area contributed by atoms with Gasteiger partial charge in [-0.05, 0) is 46.1 Å². The van der Waals surface area contributed by atoms with E-state index in [4.69, 9.17) is 27.5 Å². The van der Waals surface area contributed by atoms with Crippen LogP contribution in [0.3, 0.4) is 0 Å². The Balaban J connectivity index is 0. The van der Waals surface area contributed by atoms with Crippen LogP contribution in [0.4, 0.5) is 4.39 Å². The molecular formula is C23H34ClFN4O6. The number of hydrazone groups is 1. The summed E-state index contributed by atoms with van der Waals surface area (Å²) >= 11 is 5.41. The topological polar surface area (TPSA) is 127 Å². The fourth-order valence-corrected chi connectivity index (χ4v) is 2.21. The van der Waals surface area contributed by atoms with Gasteiger partial charge in [0.2, 0.25) is 5.90 Å². The van der Waals surface area contributed by atoms with Gasteiger partial charge in [-0.1, -0.05) is 11.6 Å². The van der Waals surface area contributed by atoms with Crippen LogP contribution < -0.4 is 20.8 Å². The first-order valence-corrected chi connectivity index (χ1v) is 10.8. The first-order valence-electron chi connectivity index (χ1n) is 10.4.